The largest absolute Gasteiger partial charge is 0.507 e. The van der Waals surface area contributed by atoms with Gasteiger partial charge in [0.1, 0.15) is 17.1 Å². The van der Waals surface area contributed by atoms with Gasteiger partial charge in [0, 0.05) is 17.7 Å². The van der Waals surface area contributed by atoms with Gasteiger partial charge in [-0.15, -0.1) is 0 Å². The summed E-state index contributed by atoms with van der Waals surface area (Å²) >= 11 is 0. The molecule has 0 bridgehead atoms. The van der Waals surface area contributed by atoms with E-state index in [0.29, 0.717) is 0 Å². The number of nitrogens with two attached hydrogens (primary N) is 1. The lowest BCUT2D eigenvalue weighted by Crippen LogP contribution is -2.15. The fourth-order valence-electron chi connectivity index (χ4n) is 1.36. The van der Waals surface area contributed by atoms with E-state index in [1.165, 1.54) is 0 Å². The van der Waals surface area contributed by atoms with Crippen molar-refractivity contribution in [2.45, 2.75) is 12.5 Å². The topological polar surface area (TPSA) is 141 Å². The minimum absolute atomic E-state index is 0.0393. The highest BCUT2D eigenvalue weighted by molar-refractivity contribution is 5.91. The van der Waals surface area contributed by atoms with Crippen molar-refractivity contribution < 1.29 is 30.0 Å². The molecular formula is C10H11NO6. The van der Waals surface area contributed by atoms with Gasteiger partial charge in [0.15, 0.2) is 0 Å². The highest BCUT2D eigenvalue weighted by Gasteiger charge is 2.19. The summed E-state index contributed by atoms with van der Waals surface area (Å²) in [5.74, 6) is -3.63. The minimum Gasteiger partial charge on any atom is -0.507 e. The van der Waals surface area contributed by atoms with Crippen LogP contribution in [0.2, 0.25) is 0 Å². The lowest BCUT2D eigenvalue weighted by atomic mass is 10.00. The predicted octanol–water partition coefficient (Wildman–Crippen LogP) is 0.270. The second kappa shape index (κ2) is 4.71. The summed E-state index contributed by atoms with van der Waals surface area (Å²) in [6.45, 7) is 0. The lowest BCUT2D eigenvalue weighted by Gasteiger charge is -2.13. The van der Waals surface area contributed by atoms with Crippen LogP contribution >= 0.6 is 0 Å². The molecule has 0 amide bonds. The van der Waals surface area contributed by atoms with Crippen molar-refractivity contribution in [3.8, 4) is 11.5 Å². The van der Waals surface area contributed by atoms with E-state index >= 15 is 0 Å². The zero-order valence-corrected chi connectivity index (χ0v) is 8.62. The third-order valence-corrected chi connectivity index (χ3v) is 2.17. The number of carboxylic acid groups (broad SMARTS) is 2. The Labute approximate surface area is 95.7 Å². The van der Waals surface area contributed by atoms with E-state index in [1.54, 1.807) is 0 Å². The predicted molar refractivity (Wildman–Crippen MR) is 55.9 cm³/mol. The molecule has 0 aromatic heterocycles. The van der Waals surface area contributed by atoms with Crippen LogP contribution in [0, 0.1) is 0 Å². The monoisotopic (exact) mass is 241 g/mol. The van der Waals surface area contributed by atoms with Crippen LogP contribution in [0.5, 0.6) is 11.5 Å². The first kappa shape index (κ1) is 12.8. The van der Waals surface area contributed by atoms with E-state index in [-0.39, 0.29) is 5.56 Å². The first-order valence-corrected chi connectivity index (χ1v) is 4.59. The fourth-order valence-corrected chi connectivity index (χ4v) is 1.36. The summed E-state index contributed by atoms with van der Waals surface area (Å²) in [5, 5.41) is 36.0. The molecule has 0 saturated carbocycles. The number of aromatic carboxylic acids is 1. The van der Waals surface area contributed by atoms with Crippen LogP contribution in [0.15, 0.2) is 12.1 Å². The van der Waals surface area contributed by atoms with E-state index in [0.717, 1.165) is 12.1 Å². The molecular weight excluding hydrogens is 230 g/mol. The maximum absolute atomic E-state index is 10.7. The van der Waals surface area contributed by atoms with Crippen LogP contribution in [-0.2, 0) is 4.79 Å². The van der Waals surface area contributed by atoms with Crippen LogP contribution in [0.25, 0.3) is 0 Å². The molecule has 1 aromatic carbocycles. The van der Waals surface area contributed by atoms with Gasteiger partial charge in [-0.25, -0.2) is 4.79 Å². The van der Waals surface area contributed by atoms with E-state index in [1.807, 2.05) is 0 Å². The summed E-state index contributed by atoms with van der Waals surface area (Å²) in [4.78, 5) is 21.2. The first-order chi connectivity index (χ1) is 7.82. The molecule has 0 spiro atoms. The molecule has 0 radical (unpaired) electrons. The van der Waals surface area contributed by atoms with Crippen molar-refractivity contribution in [2.75, 3.05) is 0 Å². The number of aliphatic carboxylic acids is 1. The summed E-state index contributed by atoms with van der Waals surface area (Å²) in [6, 6.07) is 0.729. The van der Waals surface area contributed by atoms with E-state index < -0.39 is 41.5 Å². The number of carbonyl (C=O) groups is 2. The second-order valence-corrected chi connectivity index (χ2v) is 3.44. The van der Waals surface area contributed by atoms with E-state index in [2.05, 4.69) is 0 Å². The Kier molecular flexibility index (Phi) is 3.54. The molecule has 17 heavy (non-hydrogen) atoms. The number of phenols is 2. The quantitative estimate of drug-likeness (QED) is 0.509. The van der Waals surface area contributed by atoms with Crippen molar-refractivity contribution in [1.82, 2.24) is 0 Å². The molecule has 7 nitrogen and oxygen atoms in total. The average Bonchev–Trinajstić information content (AvgIpc) is 2.15. The van der Waals surface area contributed by atoms with Crippen molar-refractivity contribution in [3.05, 3.63) is 23.3 Å². The summed E-state index contributed by atoms with van der Waals surface area (Å²) < 4.78 is 0. The van der Waals surface area contributed by atoms with Crippen LogP contribution < -0.4 is 5.73 Å². The van der Waals surface area contributed by atoms with Gasteiger partial charge in [0.2, 0.25) is 0 Å². The summed E-state index contributed by atoms with van der Waals surface area (Å²) in [5.41, 5.74) is 5.02. The van der Waals surface area contributed by atoms with Crippen LogP contribution in [0.1, 0.15) is 28.4 Å². The third-order valence-electron chi connectivity index (χ3n) is 2.17. The van der Waals surface area contributed by atoms with Gasteiger partial charge in [-0.3, -0.25) is 4.79 Å². The number of aromatic hydroxyl groups is 2. The molecule has 1 rings (SSSR count). The standard InChI is InChI=1S/C10H11NO6/c11-6(2-9(14)15)4-1-5(10(16)17)8(13)3-7(4)12/h1,3,6,12-13H,2,11H2,(H,14,15)(H,16,17). The maximum atomic E-state index is 10.7. The Hall–Kier alpha value is -2.28. The first-order valence-electron chi connectivity index (χ1n) is 4.59. The number of hydrogen-bond donors (Lipinski definition) is 5. The Bertz CT molecular complexity index is 470. The van der Waals surface area contributed by atoms with Crippen molar-refractivity contribution >= 4 is 11.9 Å². The van der Waals surface area contributed by atoms with Gasteiger partial charge >= 0.3 is 11.9 Å². The van der Waals surface area contributed by atoms with Gasteiger partial charge in [0.25, 0.3) is 0 Å². The fraction of sp³-hybridized carbons (Fsp3) is 0.200. The number of phenolic OH excluding ortho intramolecular Hbond substituents is 1. The number of carboxylic acids is 2. The second-order valence-electron chi connectivity index (χ2n) is 3.44. The highest BCUT2D eigenvalue weighted by atomic mass is 16.4. The zero-order chi connectivity index (χ0) is 13.2. The summed E-state index contributed by atoms with van der Waals surface area (Å²) in [6.07, 6.45) is -0.461. The van der Waals surface area contributed by atoms with Crippen molar-refractivity contribution in [2.24, 2.45) is 5.73 Å². The molecule has 6 N–H and O–H groups in total. The van der Waals surface area contributed by atoms with E-state index in [9.17, 15) is 19.8 Å². The highest BCUT2D eigenvalue weighted by Crippen LogP contribution is 2.31. The Morgan fingerprint density at radius 1 is 1.18 bits per heavy atom. The molecule has 0 saturated heterocycles. The molecule has 7 heteroatoms. The van der Waals surface area contributed by atoms with E-state index in [4.69, 9.17) is 15.9 Å². The average molecular weight is 241 g/mol. The van der Waals surface area contributed by atoms with Gasteiger partial charge < -0.3 is 26.2 Å². The Morgan fingerprint density at radius 2 is 1.76 bits per heavy atom. The molecule has 92 valence electrons. The molecule has 0 aliphatic rings. The summed E-state index contributed by atoms with van der Waals surface area (Å²) in [7, 11) is 0. The molecule has 0 aliphatic carbocycles. The number of hydrogen-bond acceptors (Lipinski definition) is 5. The molecule has 0 fully saturated rings. The van der Waals surface area contributed by atoms with Gasteiger partial charge in [-0.2, -0.15) is 0 Å². The normalized spacial score (nSPS) is 12.1. The maximum Gasteiger partial charge on any atom is 0.339 e. The smallest absolute Gasteiger partial charge is 0.339 e. The SMILES string of the molecule is NC(CC(=O)O)c1cc(C(=O)O)c(O)cc1O. The van der Waals surface area contributed by atoms with Gasteiger partial charge in [0.05, 0.1) is 6.42 Å². The van der Waals surface area contributed by atoms with Crippen LogP contribution in [0.3, 0.4) is 0 Å². The molecule has 1 unspecified atom stereocenters. The number of rotatable bonds is 4. The Morgan fingerprint density at radius 3 is 2.24 bits per heavy atom. The van der Waals surface area contributed by atoms with Crippen molar-refractivity contribution in [3.63, 3.8) is 0 Å². The van der Waals surface area contributed by atoms with Crippen molar-refractivity contribution in [1.29, 1.82) is 0 Å². The molecule has 0 heterocycles. The molecule has 1 atom stereocenters. The van der Waals surface area contributed by atoms with Gasteiger partial charge in [-0.1, -0.05) is 0 Å². The zero-order valence-electron chi connectivity index (χ0n) is 8.62. The molecule has 1 aromatic rings. The lowest BCUT2D eigenvalue weighted by molar-refractivity contribution is -0.137. The van der Waals surface area contributed by atoms with Crippen LogP contribution in [-0.4, -0.2) is 32.4 Å². The molecule has 0 aliphatic heterocycles. The van der Waals surface area contributed by atoms with Gasteiger partial charge in [-0.05, 0) is 6.07 Å². The number of benzene rings is 1. The third kappa shape index (κ3) is 2.85. The minimum atomic E-state index is -1.40. The Balaban J connectivity index is 3.19. The van der Waals surface area contributed by atoms with Crippen LogP contribution in [0.4, 0.5) is 0 Å².